The van der Waals surface area contributed by atoms with Crippen molar-refractivity contribution in [2.24, 2.45) is 0 Å². The summed E-state index contributed by atoms with van der Waals surface area (Å²) in [5.74, 6) is 0. The number of rotatable bonds is 11. The van der Waals surface area contributed by atoms with E-state index < -0.39 is 34.2 Å². The molecule has 32 heavy (non-hydrogen) atoms. The molecule has 0 spiro atoms. The molecule has 0 amide bonds. The summed E-state index contributed by atoms with van der Waals surface area (Å²) in [6.07, 6.45) is 0. The van der Waals surface area contributed by atoms with Crippen LogP contribution in [-0.2, 0) is 26.2 Å². The zero-order valence-corrected chi connectivity index (χ0v) is 26.2. The SMILES string of the molecule is C.C.CC[Si](C)(O)OC.CC[Si](C)(OC)OC.CC[Si](C)(OC)O[Si](C)(CC)OC.CO. The lowest BCUT2D eigenvalue weighted by Gasteiger charge is -2.34. The van der Waals surface area contributed by atoms with Gasteiger partial charge in [-0.3, -0.25) is 0 Å². The fourth-order valence-electron chi connectivity index (χ4n) is 1.49. The number of hydrogen-bond acceptors (Lipinski definition) is 8. The van der Waals surface area contributed by atoms with Crippen LogP contribution in [0.15, 0.2) is 0 Å². The minimum absolute atomic E-state index is 0. The van der Waals surface area contributed by atoms with Crippen molar-refractivity contribution in [3.8, 4) is 0 Å². The van der Waals surface area contributed by atoms with Crippen molar-refractivity contribution in [1.29, 1.82) is 0 Å². The molecule has 3 atom stereocenters. The number of aliphatic hydroxyl groups is 1. The van der Waals surface area contributed by atoms with Crippen molar-refractivity contribution in [2.75, 3.05) is 42.7 Å². The van der Waals surface area contributed by atoms with E-state index in [1.165, 1.54) is 0 Å². The standard InChI is InChI=1S/C8H22O3Si2.C5H14O2Si.C4H12O2Si.CH4O.2CH4/c1-7-12(5,9-3)11-13(6,8-2)10-4;1-5-8(4,6-2)7-3;1-4-7(3,5)6-2;1-2;;/h7-8H2,1-6H3;5H2,1-4H3;5H,4H2,1-3H3;2H,1H3;2*1H4. The second kappa shape index (κ2) is 24.7. The van der Waals surface area contributed by atoms with Gasteiger partial charge in [-0.1, -0.05) is 42.5 Å². The Morgan fingerprint density at radius 2 is 0.750 bits per heavy atom. The summed E-state index contributed by atoms with van der Waals surface area (Å²) in [4.78, 5) is 9.05. The Bertz CT molecular complexity index is 335. The van der Waals surface area contributed by atoms with Crippen molar-refractivity contribution in [3.63, 3.8) is 0 Å². The molecule has 0 fully saturated rings. The third-order valence-electron chi connectivity index (χ3n) is 5.18. The maximum atomic E-state index is 9.05. The molecule has 0 aliphatic carbocycles. The van der Waals surface area contributed by atoms with Crippen LogP contribution in [-0.4, -0.2) is 86.8 Å². The van der Waals surface area contributed by atoms with E-state index in [-0.39, 0.29) is 14.9 Å². The van der Waals surface area contributed by atoms with Gasteiger partial charge in [-0.05, 0) is 50.4 Å². The van der Waals surface area contributed by atoms with Crippen LogP contribution < -0.4 is 0 Å². The third-order valence-corrected chi connectivity index (χ3v) is 18.1. The molecule has 0 aliphatic rings. The quantitative estimate of drug-likeness (QED) is 0.334. The smallest absolute Gasteiger partial charge is 0.334 e. The van der Waals surface area contributed by atoms with Crippen LogP contribution in [0.1, 0.15) is 42.5 Å². The molecule has 0 saturated carbocycles. The van der Waals surface area contributed by atoms with Gasteiger partial charge in [0.2, 0.25) is 0 Å². The van der Waals surface area contributed by atoms with E-state index >= 15 is 0 Å². The summed E-state index contributed by atoms with van der Waals surface area (Å²) in [5, 5.41) is 7.00. The van der Waals surface area contributed by atoms with Crippen molar-refractivity contribution < 1.29 is 36.1 Å². The number of aliphatic hydroxyl groups excluding tert-OH is 1. The molecule has 12 heteroatoms. The summed E-state index contributed by atoms with van der Waals surface area (Å²) in [7, 11) is 1.73. The van der Waals surface area contributed by atoms with Gasteiger partial charge in [-0.25, -0.2) is 0 Å². The van der Waals surface area contributed by atoms with Gasteiger partial charge in [-0.15, -0.1) is 0 Å². The molecule has 0 bridgehead atoms. The molecule has 0 heterocycles. The minimum atomic E-state index is -2.15. The highest BCUT2D eigenvalue weighted by Crippen LogP contribution is 2.21. The van der Waals surface area contributed by atoms with E-state index in [1.54, 1.807) is 42.1 Å². The largest absolute Gasteiger partial charge is 0.415 e. The highest BCUT2D eigenvalue weighted by molar-refractivity contribution is 6.79. The van der Waals surface area contributed by atoms with Crippen LogP contribution in [0.2, 0.25) is 50.4 Å². The maximum Gasteiger partial charge on any atom is 0.334 e. The lowest BCUT2D eigenvalue weighted by molar-refractivity contribution is 0.242. The first-order valence-electron chi connectivity index (χ1n) is 10.4. The zero-order valence-electron chi connectivity index (χ0n) is 22.2. The molecule has 0 aromatic heterocycles. The third kappa shape index (κ3) is 23.7. The van der Waals surface area contributed by atoms with Gasteiger partial charge in [-0.2, -0.15) is 0 Å². The molecular formula is C20H60O8Si4. The van der Waals surface area contributed by atoms with E-state index in [0.29, 0.717) is 0 Å². The summed E-state index contributed by atoms with van der Waals surface area (Å²) in [6, 6.07) is 3.72. The molecule has 0 rings (SSSR count). The highest BCUT2D eigenvalue weighted by Gasteiger charge is 2.39. The van der Waals surface area contributed by atoms with Gasteiger partial charge in [0.05, 0.1) is 0 Å². The Hall–Kier alpha value is 0.548. The molecular weight excluding hydrogens is 481 g/mol. The summed E-state index contributed by atoms with van der Waals surface area (Å²) in [6.45, 7) is 16.2. The van der Waals surface area contributed by atoms with Crippen LogP contribution in [0.4, 0.5) is 0 Å². The van der Waals surface area contributed by atoms with Crippen LogP contribution >= 0.6 is 0 Å². The second-order valence-electron chi connectivity index (χ2n) is 7.11. The predicted molar refractivity (Wildman–Crippen MR) is 148 cm³/mol. The predicted octanol–water partition coefficient (Wildman–Crippen LogP) is 5.45. The second-order valence-corrected chi connectivity index (χ2v) is 22.0. The van der Waals surface area contributed by atoms with Gasteiger partial charge in [0, 0.05) is 42.7 Å². The van der Waals surface area contributed by atoms with Crippen molar-refractivity contribution >= 4 is 34.2 Å². The summed E-state index contributed by atoms with van der Waals surface area (Å²) >= 11 is 0. The topological polar surface area (TPSA) is 95.8 Å². The number of hydrogen-bond donors (Lipinski definition) is 2. The molecule has 0 aromatic rings. The fourth-order valence-corrected chi connectivity index (χ4v) is 8.57. The Balaban J connectivity index is -0.0000000778. The van der Waals surface area contributed by atoms with Crippen molar-refractivity contribution in [1.82, 2.24) is 0 Å². The lowest BCUT2D eigenvalue weighted by atomic mass is 11.0. The fraction of sp³-hybridized carbons (Fsp3) is 1.00. The van der Waals surface area contributed by atoms with Crippen LogP contribution in [0.5, 0.6) is 0 Å². The monoisotopic (exact) mass is 540 g/mol. The molecule has 0 aromatic carbocycles. The molecule has 0 radical (unpaired) electrons. The summed E-state index contributed by atoms with van der Waals surface area (Å²) in [5.41, 5.74) is 0. The molecule has 0 saturated heterocycles. The van der Waals surface area contributed by atoms with Crippen LogP contribution in [0.3, 0.4) is 0 Å². The Labute approximate surface area is 205 Å². The first kappa shape index (κ1) is 46.0. The normalized spacial score (nSPS) is 15.8. The average molecular weight is 541 g/mol. The molecule has 204 valence electrons. The summed E-state index contributed by atoms with van der Waals surface area (Å²) < 4.78 is 32.1. The zero-order chi connectivity index (χ0) is 25.1. The van der Waals surface area contributed by atoms with Crippen molar-refractivity contribution in [3.05, 3.63) is 0 Å². The Morgan fingerprint density at radius 1 is 0.500 bits per heavy atom. The van der Waals surface area contributed by atoms with Gasteiger partial charge in [0.1, 0.15) is 0 Å². The van der Waals surface area contributed by atoms with Crippen molar-refractivity contribution in [2.45, 2.75) is 92.9 Å². The molecule has 0 aliphatic heterocycles. The van der Waals surface area contributed by atoms with E-state index in [4.69, 9.17) is 36.1 Å². The van der Waals surface area contributed by atoms with E-state index in [1.807, 2.05) is 13.5 Å². The minimum Gasteiger partial charge on any atom is -0.415 e. The van der Waals surface area contributed by atoms with Gasteiger partial charge in [0.15, 0.2) is 0 Å². The first-order valence-corrected chi connectivity index (χ1v) is 20.5. The van der Waals surface area contributed by atoms with Gasteiger partial charge in [0.25, 0.3) is 0 Å². The molecule has 8 nitrogen and oxygen atoms in total. The van der Waals surface area contributed by atoms with E-state index in [0.717, 1.165) is 31.3 Å². The van der Waals surface area contributed by atoms with E-state index in [9.17, 15) is 0 Å². The maximum absolute atomic E-state index is 9.05. The Morgan fingerprint density at radius 3 is 0.812 bits per heavy atom. The average Bonchev–Trinajstić information content (AvgIpc) is 2.80. The van der Waals surface area contributed by atoms with Crippen LogP contribution in [0.25, 0.3) is 0 Å². The van der Waals surface area contributed by atoms with Crippen LogP contribution in [0, 0.1) is 0 Å². The highest BCUT2D eigenvalue weighted by atomic mass is 28.5. The van der Waals surface area contributed by atoms with E-state index in [2.05, 4.69) is 33.9 Å². The van der Waals surface area contributed by atoms with Gasteiger partial charge >= 0.3 is 34.2 Å². The lowest BCUT2D eigenvalue weighted by Crippen LogP contribution is -2.50. The first-order chi connectivity index (χ1) is 13.8. The Kier molecular flexibility index (Phi) is 35.4. The molecule has 3 unspecified atom stereocenters. The molecule has 2 N–H and O–H groups in total. The van der Waals surface area contributed by atoms with Gasteiger partial charge < -0.3 is 36.1 Å².